The molecule has 80 valence electrons. The van der Waals surface area contributed by atoms with E-state index < -0.39 is 11.7 Å². The first-order valence-corrected chi connectivity index (χ1v) is 4.56. The summed E-state index contributed by atoms with van der Waals surface area (Å²) < 4.78 is 36.9. The number of alkyl halides is 3. The summed E-state index contributed by atoms with van der Waals surface area (Å²) in [5.74, 6) is 0. The zero-order valence-electron chi connectivity index (χ0n) is 8.87. The quantitative estimate of drug-likeness (QED) is 0.589. The van der Waals surface area contributed by atoms with E-state index >= 15 is 0 Å². The molecule has 0 atom stereocenters. The summed E-state index contributed by atoms with van der Waals surface area (Å²) in [5, 5.41) is 0. The van der Waals surface area contributed by atoms with Crippen LogP contribution < -0.4 is 0 Å². The van der Waals surface area contributed by atoms with Gasteiger partial charge in [-0.1, -0.05) is 32.0 Å². The SMILES string of the molecule is CC.Cc1cccc(C)c1C(F)(F)F. The molecule has 0 N–H and O–H groups in total. The van der Waals surface area contributed by atoms with Gasteiger partial charge < -0.3 is 0 Å². The van der Waals surface area contributed by atoms with Gasteiger partial charge in [-0.2, -0.15) is 13.2 Å². The maximum absolute atomic E-state index is 12.3. The van der Waals surface area contributed by atoms with Crippen molar-refractivity contribution in [3.63, 3.8) is 0 Å². The second-order valence-corrected chi connectivity index (χ2v) is 2.76. The fourth-order valence-electron chi connectivity index (χ4n) is 1.26. The molecule has 14 heavy (non-hydrogen) atoms. The van der Waals surface area contributed by atoms with Gasteiger partial charge >= 0.3 is 6.18 Å². The van der Waals surface area contributed by atoms with Crippen molar-refractivity contribution in [1.29, 1.82) is 0 Å². The summed E-state index contributed by atoms with van der Waals surface area (Å²) in [6.07, 6.45) is -4.23. The molecule has 0 heterocycles. The van der Waals surface area contributed by atoms with E-state index in [2.05, 4.69) is 0 Å². The fraction of sp³-hybridized carbons (Fsp3) is 0.455. The highest BCUT2D eigenvalue weighted by molar-refractivity contribution is 5.35. The molecular weight excluding hydrogens is 189 g/mol. The Labute approximate surface area is 82.8 Å². The first-order chi connectivity index (χ1) is 6.43. The van der Waals surface area contributed by atoms with E-state index in [9.17, 15) is 13.2 Å². The second kappa shape index (κ2) is 5.03. The smallest absolute Gasteiger partial charge is 0.166 e. The minimum atomic E-state index is -4.23. The molecule has 0 saturated carbocycles. The van der Waals surface area contributed by atoms with Crippen molar-refractivity contribution in [2.24, 2.45) is 0 Å². The largest absolute Gasteiger partial charge is 0.416 e. The van der Waals surface area contributed by atoms with Gasteiger partial charge in [0.05, 0.1) is 5.56 Å². The van der Waals surface area contributed by atoms with Crippen molar-refractivity contribution in [3.8, 4) is 0 Å². The number of hydrogen-bond acceptors (Lipinski definition) is 0. The van der Waals surface area contributed by atoms with Crippen LogP contribution in [0.15, 0.2) is 18.2 Å². The highest BCUT2D eigenvalue weighted by atomic mass is 19.4. The predicted molar refractivity (Wildman–Crippen MR) is 52.3 cm³/mol. The molecule has 0 aliphatic carbocycles. The summed E-state index contributed by atoms with van der Waals surface area (Å²) in [7, 11) is 0. The van der Waals surface area contributed by atoms with E-state index in [0.717, 1.165) is 0 Å². The van der Waals surface area contributed by atoms with E-state index in [1.54, 1.807) is 6.07 Å². The Morgan fingerprint density at radius 1 is 0.929 bits per heavy atom. The van der Waals surface area contributed by atoms with E-state index in [4.69, 9.17) is 0 Å². The lowest BCUT2D eigenvalue weighted by Gasteiger charge is -2.12. The molecule has 3 heteroatoms. The lowest BCUT2D eigenvalue weighted by Crippen LogP contribution is -2.09. The first kappa shape index (κ1) is 13.0. The minimum Gasteiger partial charge on any atom is -0.166 e. The molecule has 1 aromatic carbocycles. The average Bonchev–Trinajstić information content (AvgIpc) is 2.05. The van der Waals surface area contributed by atoms with Gasteiger partial charge in [0.2, 0.25) is 0 Å². The molecule has 1 rings (SSSR count). The van der Waals surface area contributed by atoms with Crippen LogP contribution in [0.4, 0.5) is 13.2 Å². The van der Waals surface area contributed by atoms with E-state index in [0.29, 0.717) is 0 Å². The Kier molecular flexibility index (Phi) is 4.68. The summed E-state index contributed by atoms with van der Waals surface area (Å²) in [6, 6.07) is 4.56. The van der Waals surface area contributed by atoms with Crippen LogP contribution >= 0.6 is 0 Å². The number of halogens is 3. The number of hydrogen-bond donors (Lipinski definition) is 0. The first-order valence-electron chi connectivity index (χ1n) is 4.56. The molecule has 0 aliphatic rings. The van der Waals surface area contributed by atoms with Crippen LogP contribution in [0.5, 0.6) is 0 Å². The Bertz CT molecular complexity index is 267. The van der Waals surface area contributed by atoms with Crippen molar-refractivity contribution in [2.45, 2.75) is 33.9 Å². The van der Waals surface area contributed by atoms with Gasteiger partial charge in [-0.05, 0) is 25.0 Å². The summed E-state index contributed by atoms with van der Waals surface area (Å²) in [6.45, 7) is 6.94. The monoisotopic (exact) mass is 204 g/mol. The number of benzene rings is 1. The summed E-state index contributed by atoms with van der Waals surface area (Å²) >= 11 is 0. The molecule has 0 amide bonds. The van der Waals surface area contributed by atoms with Crippen LogP contribution in [0.3, 0.4) is 0 Å². The van der Waals surface area contributed by atoms with Gasteiger partial charge in [0.15, 0.2) is 0 Å². The second-order valence-electron chi connectivity index (χ2n) is 2.76. The summed E-state index contributed by atoms with van der Waals surface area (Å²) in [5.41, 5.74) is 0.0509. The third-order valence-electron chi connectivity index (χ3n) is 1.76. The molecule has 1 aromatic rings. The van der Waals surface area contributed by atoms with Crippen molar-refractivity contribution in [1.82, 2.24) is 0 Å². The predicted octanol–water partition coefficient (Wildman–Crippen LogP) is 4.35. The fourth-order valence-corrected chi connectivity index (χ4v) is 1.26. The van der Waals surface area contributed by atoms with Crippen LogP contribution in [0.1, 0.15) is 30.5 Å². The molecule has 0 aromatic heterocycles. The van der Waals surface area contributed by atoms with Gasteiger partial charge in [0, 0.05) is 0 Å². The molecular formula is C11H15F3. The van der Waals surface area contributed by atoms with Gasteiger partial charge in [0.1, 0.15) is 0 Å². The number of aryl methyl sites for hydroxylation is 2. The molecule has 0 spiro atoms. The van der Waals surface area contributed by atoms with Crippen LogP contribution in [0.2, 0.25) is 0 Å². The molecule has 0 fully saturated rings. The van der Waals surface area contributed by atoms with E-state index in [1.165, 1.54) is 26.0 Å². The topological polar surface area (TPSA) is 0 Å². The van der Waals surface area contributed by atoms with Crippen LogP contribution in [-0.4, -0.2) is 0 Å². The maximum atomic E-state index is 12.3. The zero-order chi connectivity index (χ0) is 11.4. The third kappa shape index (κ3) is 3.05. The number of rotatable bonds is 0. The normalized spacial score (nSPS) is 10.5. The van der Waals surface area contributed by atoms with Crippen molar-refractivity contribution in [3.05, 3.63) is 34.9 Å². The molecule has 0 unspecified atom stereocenters. The van der Waals surface area contributed by atoms with Crippen LogP contribution in [0.25, 0.3) is 0 Å². The van der Waals surface area contributed by atoms with Gasteiger partial charge in [0.25, 0.3) is 0 Å². The van der Waals surface area contributed by atoms with Gasteiger partial charge in [-0.15, -0.1) is 0 Å². The van der Waals surface area contributed by atoms with Gasteiger partial charge in [-0.25, -0.2) is 0 Å². The molecule has 0 nitrogen and oxygen atoms in total. The highest BCUT2D eigenvalue weighted by Crippen LogP contribution is 2.33. The van der Waals surface area contributed by atoms with E-state index in [-0.39, 0.29) is 11.1 Å². The lowest BCUT2D eigenvalue weighted by molar-refractivity contribution is -0.138. The Morgan fingerprint density at radius 3 is 1.50 bits per heavy atom. The molecule has 0 bridgehead atoms. The van der Waals surface area contributed by atoms with Crippen LogP contribution in [-0.2, 0) is 6.18 Å². The average molecular weight is 204 g/mol. The molecule has 0 radical (unpaired) electrons. The Hall–Kier alpha value is -0.990. The highest BCUT2D eigenvalue weighted by Gasteiger charge is 2.33. The van der Waals surface area contributed by atoms with Crippen LogP contribution in [0, 0.1) is 13.8 Å². The molecule has 0 saturated heterocycles. The summed E-state index contributed by atoms with van der Waals surface area (Å²) in [4.78, 5) is 0. The van der Waals surface area contributed by atoms with Crippen molar-refractivity contribution in [2.75, 3.05) is 0 Å². The van der Waals surface area contributed by atoms with E-state index in [1.807, 2.05) is 13.8 Å². The molecule has 0 aliphatic heterocycles. The zero-order valence-corrected chi connectivity index (χ0v) is 8.87. The minimum absolute atomic E-state index is 0.280. The van der Waals surface area contributed by atoms with Crippen molar-refractivity contribution >= 4 is 0 Å². The maximum Gasteiger partial charge on any atom is 0.416 e. The Balaban J connectivity index is 0.000000791. The third-order valence-corrected chi connectivity index (χ3v) is 1.76. The van der Waals surface area contributed by atoms with Crippen molar-refractivity contribution < 1.29 is 13.2 Å². The lowest BCUT2D eigenvalue weighted by atomic mass is 10.0. The standard InChI is InChI=1S/C9H9F3.C2H6/c1-6-4-3-5-7(2)8(6)9(10,11)12;1-2/h3-5H,1-2H3;1-2H3. The van der Waals surface area contributed by atoms with Gasteiger partial charge in [-0.3, -0.25) is 0 Å². The Morgan fingerprint density at radius 2 is 1.29 bits per heavy atom.